The van der Waals surface area contributed by atoms with Gasteiger partial charge in [0, 0.05) is 22.8 Å². The summed E-state index contributed by atoms with van der Waals surface area (Å²) < 4.78 is 0. The number of hydrogen-bond donors (Lipinski definition) is 1. The molecule has 1 amide bonds. The lowest BCUT2D eigenvalue weighted by Crippen LogP contribution is -2.43. The van der Waals surface area contributed by atoms with Crippen LogP contribution in [-0.4, -0.2) is 16.7 Å². The summed E-state index contributed by atoms with van der Waals surface area (Å²) in [4.78, 5) is 30.2. The molecular weight excluding hydrogens is 332 g/mol. The SMILES string of the molecule is CC1(C)[C@@]2(C(=O)Nc3nc(-c4ccccc4)cs3)CC[C@]1(C)C(=O)C2. The molecule has 1 heterocycles. The Morgan fingerprint density at radius 2 is 1.88 bits per heavy atom. The number of anilines is 1. The van der Waals surface area contributed by atoms with Crippen molar-refractivity contribution < 1.29 is 9.59 Å². The second-order valence-corrected chi connectivity index (χ2v) is 8.86. The lowest BCUT2D eigenvalue weighted by molar-refractivity contribution is -0.131. The molecule has 4 rings (SSSR count). The van der Waals surface area contributed by atoms with Crippen LogP contribution in [0.3, 0.4) is 0 Å². The molecule has 2 saturated carbocycles. The maximum Gasteiger partial charge on any atom is 0.233 e. The van der Waals surface area contributed by atoms with E-state index < -0.39 is 5.41 Å². The molecule has 1 aromatic heterocycles. The van der Waals surface area contributed by atoms with Crippen LogP contribution in [-0.2, 0) is 9.59 Å². The number of carbonyl (C=O) groups excluding carboxylic acids is 2. The summed E-state index contributed by atoms with van der Waals surface area (Å²) in [5.41, 5.74) is 0.555. The molecule has 1 aromatic carbocycles. The highest BCUT2D eigenvalue weighted by atomic mass is 32.1. The van der Waals surface area contributed by atoms with Gasteiger partial charge in [-0.25, -0.2) is 4.98 Å². The molecule has 4 nitrogen and oxygen atoms in total. The van der Waals surface area contributed by atoms with E-state index in [1.807, 2.05) is 42.6 Å². The molecule has 2 bridgehead atoms. The standard InChI is InChI=1S/C20H22N2O2S/c1-18(2)19(3)9-10-20(18,11-15(19)23)16(24)22-17-21-14(12-25-17)13-7-5-4-6-8-13/h4-8,12H,9-11H2,1-3H3,(H,21,22,24)/t19-,20+/m1/s1. The van der Waals surface area contributed by atoms with E-state index in [2.05, 4.69) is 24.1 Å². The van der Waals surface area contributed by atoms with Gasteiger partial charge in [-0.2, -0.15) is 0 Å². The third kappa shape index (κ3) is 2.08. The highest BCUT2D eigenvalue weighted by Gasteiger charge is 2.72. The number of ketones is 1. The molecule has 0 unspecified atom stereocenters. The highest BCUT2D eigenvalue weighted by Crippen LogP contribution is 2.70. The van der Waals surface area contributed by atoms with Crippen molar-refractivity contribution in [3.8, 4) is 11.3 Å². The Bertz CT molecular complexity index is 858. The van der Waals surface area contributed by atoms with E-state index >= 15 is 0 Å². The molecule has 2 aliphatic carbocycles. The number of nitrogens with one attached hydrogen (secondary N) is 1. The predicted octanol–water partition coefficient (Wildman–Crippen LogP) is 4.53. The molecule has 2 aliphatic rings. The van der Waals surface area contributed by atoms with Crippen LogP contribution >= 0.6 is 11.3 Å². The molecule has 5 heteroatoms. The molecule has 2 atom stereocenters. The molecule has 1 N–H and O–H groups in total. The average molecular weight is 354 g/mol. The fourth-order valence-electron chi connectivity index (χ4n) is 4.65. The molecule has 130 valence electrons. The van der Waals surface area contributed by atoms with Crippen LogP contribution < -0.4 is 5.32 Å². The fraction of sp³-hybridized carbons (Fsp3) is 0.450. The molecule has 0 spiro atoms. The summed E-state index contributed by atoms with van der Waals surface area (Å²) in [5, 5.41) is 5.55. The molecule has 0 radical (unpaired) electrons. The number of thiazole rings is 1. The normalized spacial score (nSPS) is 29.8. The first-order valence-corrected chi connectivity index (χ1v) is 9.54. The molecule has 25 heavy (non-hydrogen) atoms. The molecule has 2 fully saturated rings. The Balaban J connectivity index is 1.60. The first-order valence-electron chi connectivity index (χ1n) is 8.66. The minimum Gasteiger partial charge on any atom is -0.301 e. The van der Waals surface area contributed by atoms with Gasteiger partial charge in [-0.1, -0.05) is 51.1 Å². The molecular formula is C20H22N2O2S. The minimum absolute atomic E-state index is 0.0546. The van der Waals surface area contributed by atoms with Gasteiger partial charge in [0.25, 0.3) is 0 Å². The maximum absolute atomic E-state index is 13.1. The summed E-state index contributed by atoms with van der Waals surface area (Å²) in [5.74, 6) is 0.170. The van der Waals surface area contributed by atoms with E-state index in [0.29, 0.717) is 11.6 Å². The van der Waals surface area contributed by atoms with E-state index in [-0.39, 0.29) is 22.5 Å². The number of hydrogen-bond acceptors (Lipinski definition) is 4. The van der Waals surface area contributed by atoms with Crippen molar-refractivity contribution >= 4 is 28.2 Å². The number of benzene rings is 1. The van der Waals surface area contributed by atoms with Gasteiger partial charge < -0.3 is 5.32 Å². The van der Waals surface area contributed by atoms with Crippen molar-refractivity contribution in [1.82, 2.24) is 4.98 Å². The van der Waals surface area contributed by atoms with Gasteiger partial charge >= 0.3 is 0 Å². The van der Waals surface area contributed by atoms with Crippen LogP contribution in [0.4, 0.5) is 5.13 Å². The second kappa shape index (κ2) is 5.24. The quantitative estimate of drug-likeness (QED) is 0.881. The van der Waals surface area contributed by atoms with Crippen LogP contribution in [0.25, 0.3) is 11.3 Å². The number of nitrogens with zero attached hydrogens (tertiary/aromatic N) is 1. The fourth-order valence-corrected chi connectivity index (χ4v) is 5.36. The second-order valence-electron chi connectivity index (χ2n) is 8.00. The van der Waals surface area contributed by atoms with E-state index in [1.54, 1.807) is 0 Å². The van der Waals surface area contributed by atoms with Crippen LogP contribution in [0.1, 0.15) is 40.0 Å². The van der Waals surface area contributed by atoms with E-state index in [1.165, 1.54) is 11.3 Å². The van der Waals surface area contributed by atoms with Gasteiger partial charge in [0.15, 0.2) is 5.13 Å². The van der Waals surface area contributed by atoms with Gasteiger partial charge in [0.2, 0.25) is 5.91 Å². The van der Waals surface area contributed by atoms with Crippen molar-refractivity contribution in [3.05, 3.63) is 35.7 Å². The van der Waals surface area contributed by atoms with Crippen molar-refractivity contribution in [2.45, 2.75) is 40.0 Å². The topological polar surface area (TPSA) is 59.1 Å². The lowest BCUT2D eigenvalue weighted by atomic mass is 9.64. The van der Waals surface area contributed by atoms with Crippen molar-refractivity contribution in [2.24, 2.45) is 16.2 Å². The average Bonchev–Trinajstić information content (AvgIpc) is 3.17. The molecule has 2 aromatic rings. The largest absolute Gasteiger partial charge is 0.301 e. The van der Waals surface area contributed by atoms with Crippen molar-refractivity contribution in [2.75, 3.05) is 5.32 Å². The summed E-state index contributed by atoms with van der Waals surface area (Å²) in [6.45, 7) is 6.16. The van der Waals surface area contributed by atoms with Crippen LogP contribution in [0.2, 0.25) is 0 Å². The Morgan fingerprint density at radius 1 is 1.16 bits per heavy atom. The zero-order valence-electron chi connectivity index (χ0n) is 14.8. The third-order valence-corrected chi connectivity index (χ3v) is 7.69. The van der Waals surface area contributed by atoms with Gasteiger partial charge in [0.05, 0.1) is 11.1 Å². The van der Waals surface area contributed by atoms with Crippen LogP contribution in [0.15, 0.2) is 35.7 Å². The van der Waals surface area contributed by atoms with E-state index in [4.69, 9.17) is 0 Å². The zero-order chi connectivity index (χ0) is 17.9. The number of fused-ring (bicyclic) bond motifs is 2. The van der Waals surface area contributed by atoms with Crippen LogP contribution in [0.5, 0.6) is 0 Å². The Hall–Kier alpha value is -2.01. The summed E-state index contributed by atoms with van der Waals surface area (Å²) >= 11 is 1.43. The summed E-state index contributed by atoms with van der Waals surface area (Å²) in [7, 11) is 0. The van der Waals surface area contributed by atoms with Gasteiger partial charge in [-0.3, -0.25) is 9.59 Å². The van der Waals surface area contributed by atoms with Crippen molar-refractivity contribution in [3.63, 3.8) is 0 Å². The van der Waals surface area contributed by atoms with Crippen molar-refractivity contribution in [1.29, 1.82) is 0 Å². The number of aromatic nitrogens is 1. The number of Topliss-reactive ketones (excluding diaryl/α,β-unsaturated/α-hetero) is 1. The van der Waals surface area contributed by atoms with Gasteiger partial charge in [0.1, 0.15) is 5.78 Å². The number of amides is 1. The molecule has 0 saturated heterocycles. The number of carbonyl (C=O) groups is 2. The lowest BCUT2D eigenvalue weighted by Gasteiger charge is -2.38. The van der Waals surface area contributed by atoms with E-state index in [0.717, 1.165) is 24.1 Å². The maximum atomic E-state index is 13.1. The Labute approximate surface area is 151 Å². The smallest absolute Gasteiger partial charge is 0.233 e. The Morgan fingerprint density at radius 3 is 2.48 bits per heavy atom. The molecule has 0 aliphatic heterocycles. The summed E-state index contributed by atoms with van der Waals surface area (Å²) in [6, 6.07) is 9.91. The Kier molecular flexibility index (Phi) is 3.45. The van der Waals surface area contributed by atoms with Gasteiger partial charge in [-0.05, 0) is 18.3 Å². The monoisotopic (exact) mass is 354 g/mol. The van der Waals surface area contributed by atoms with Gasteiger partial charge in [-0.15, -0.1) is 11.3 Å². The zero-order valence-corrected chi connectivity index (χ0v) is 15.6. The predicted molar refractivity (Wildman–Crippen MR) is 99.4 cm³/mol. The number of rotatable bonds is 3. The first-order chi connectivity index (χ1) is 11.8. The third-order valence-electron chi connectivity index (χ3n) is 6.93. The minimum atomic E-state index is -0.614. The van der Waals surface area contributed by atoms with E-state index in [9.17, 15) is 9.59 Å². The summed E-state index contributed by atoms with van der Waals surface area (Å²) in [6.07, 6.45) is 1.91. The first kappa shape index (κ1) is 16.5. The highest BCUT2D eigenvalue weighted by molar-refractivity contribution is 7.14. The van der Waals surface area contributed by atoms with Crippen LogP contribution in [0, 0.1) is 16.2 Å².